The first-order valence-electron chi connectivity index (χ1n) is 5.73. The second-order valence-electron chi connectivity index (χ2n) is 4.19. The Morgan fingerprint density at radius 2 is 2.25 bits per heavy atom. The minimum atomic E-state index is 0.385. The molecule has 92 valence electrons. The molecule has 1 atom stereocenters. The summed E-state index contributed by atoms with van der Waals surface area (Å²) in [4.78, 5) is 4.34. The number of likely N-dealkylation sites (N-methyl/N-ethyl adjacent to an activating group) is 1. The molecule has 5 heteroatoms. The van der Waals surface area contributed by atoms with Crippen molar-refractivity contribution in [3.8, 4) is 0 Å². The molecule has 1 N–H and O–H groups in total. The van der Waals surface area contributed by atoms with Gasteiger partial charge in [0, 0.05) is 18.5 Å². The van der Waals surface area contributed by atoms with Gasteiger partial charge in [0.2, 0.25) is 0 Å². The Balaban J connectivity index is 2.59. The van der Waals surface area contributed by atoms with Crippen molar-refractivity contribution < 1.29 is 0 Å². The van der Waals surface area contributed by atoms with Crippen LogP contribution >= 0.6 is 11.8 Å². The molecule has 0 aliphatic rings. The lowest BCUT2D eigenvalue weighted by Crippen LogP contribution is -2.29. The maximum Gasteiger partial charge on any atom is 0.138 e. The highest BCUT2D eigenvalue weighted by molar-refractivity contribution is 7.98. The minimum Gasteiger partial charge on any atom is -0.317 e. The van der Waals surface area contributed by atoms with Gasteiger partial charge in [-0.3, -0.25) is 0 Å². The van der Waals surface area contributed by atoms with Crippen molar-refractivity contribution in [2.45, 2.75) is 38.8 Å². The van der Waals surface area contributed by atoms with Crippen LogP contribution in [0.2, 0.25) is 0 Å². The number of hydrogen-bond donors (Lipinski definition) is 1. The molecule has 0 radical (unpaired) electrons. The smallest absolute Gasteiger partial charge is 0.138 e. The normalized spacial score (nSPS) is 13.3. The molecule has 4 nitrogen and oxygen atoms in total. The summed E-state index contributed by atoms with van der Waals surface area (Å²) in [5.74, 6) is 2.26. The van der Waals surface area contributed by atoms with Crippen molar-refractivity contribution in [2.24, 2.45) is 0 Å². The molecule has 0 fully saturated rings. The van der Waals surface area contributed by atoms with E-state index in [1.165, 1.54) is 12.2 Å². The summed E-state index contributed by atoms with van der Waals surface area (Å²) in [6.07, 6.45) is 5.91. The van der Waals surface area contributed by atoms with Crippen molar-refractivity contribution in [2.75, 3.05) is 19.1 Å². The van der Waals surface area contributed by atoms with E-state index in [1.54, 1.807) is 6.33 Å². The molecule has 0 spiro atoms. The number of nitrogens with zero attached hydrogens (tertiary/aromatic N) is 3. The molecule has 1 aromatic heterocycles. The van der Waals surface area contributed by atoms with Gasteiger partial charge in [-0.1, -0.05) is 0 Å². The quantitative estimate of drug-likeness (QED) is 0.791. The molecular weight excluding hydrogens is 220 g/mol. The fourth-order valence-corrected chi connectivity index (χ4v) is 2.20. The molecule has 0 bridgehead atoms. The van der Waals surface area contributed by atoms with Crippen molar-refractivity contribution in [1.82, 2.24) is 20.1 Å². The van der Waals surface area contributed by atoms with E-state index < -0.39 is 0 Å². The monoisotopic (exact) mass is 242 g/mol. The minimum absolute atomic E-state index is 0.385. The third-order valence-electron chi connectivity index (χ3n) is 2.64. The van der Waals surface area contributed by atoms with Gasteiger partial charge in [0.25, 0.3) is 0 Å². The lowest BCUT2D eigenvalue weighted by molar-refractivity contribution is 0.467. The van der Waals surface area contributed by atoms with Gasteiger partial charge in [0.15, 0.2) is 0 Å². The molecule has 0 saturated carbocycles. The Morgan fingerprint density at radius 3 is 2.81 bits per heavy atom. The molecule has 0 aliphatic heterocycles. The van der Waals surface area contributed by atoms with Gasteiger partial charge < -0.3 is 5.32 Å². The Bertz CT molecular complexity index is 298. The molecular formula is C11H22N4S. The van der Waals surface area contributed by atoms with Crippen LogP contribution in [0.1, 0.15) is 32.1 Å². The van der Waals surface area contributed by atoms with E-state index in [9.17, 15) is 0 Å². The van der Waals surface area contributed by atoms with Crippen LogP contribution in [-0.2, 0) is 6.42 Å². The first-order valence-corrected chi connectivity index (χ1v) is 7.13. The van der Waals surface area contributed by atoms with Crippen LogP contribution in [0.5, 0.6) is 0 Å². The Labute approximate surface area is 102 Å². The van der Waals surface area contributed by atoms with E-state index in [0.717, 1.165) is 12.2 Å². The fraction of sp³-hybridized carbons (Fsp3) is 0.818. The molecule has 0 aliphatic carbocycles. The number of hydrogen-bond acceptors (Lipinski definition) is 4. The highest BCUT2D eigenvalue weighted by Gasteiger charge is 2.13. The van der Waals surface area contributed by atoms with Crippen LogP contribution in [0, 0.1) is 0 Å². The first-order chi connectivity index (χ1) is 7.69. The fourth-order valence-electron chi connectivity index (χ4n) is 1.68. The van der Waals surface area contributed by atoms with E-state index >= 15 is 0 Å². The zero-order valence-corrected chi connectivity index (χ0v) is 11.4. The Hall–Kier alpha value is -0.550. The van der Waals surface area contributed by atoms with E-state index in [0.29, 0.717) is 12.1 Å². The van der Waals surface area contributed by atoms with Gasteiger partial charge in [-0.25, -0.2) is 9.67 Å². The zero-order chi connectivity index (χ0) is 12.0. The third-order valence-corrected chi connectivity index (χ3v) is 3.29. The van der Waals surface area contributed by atoms with Gasteiger partial charge in [0.05, 0.1) is 0 Å². The lowest BCUT2D eigenvalue weighted by Gasteiger charge is -2.16. The van der Waals surface area contributed by atoms with Gasteiger partial charge in [-0.15, -0.1) is 0 Å². The SMILES string of the molecule is CNC(CCSC)Cc1ncnn1C(C)C. The summed E-state index contributed by atoms with van der Waals surface area (Å²) in [5, 5.41) is 7.60. The number of thioether (sulfide) groups is 1. The second-order valence-corrected chi connectivity index (χ2v) is 5.17. The summed E-state index contributed by atoms with van der Waals surface area (Å²) in [6, 6.07) is 0.879. The second kappa shape index (κ2) is 6.91. The van der Waals surface area contributed by atoms with E-state index in [4.69, 9.17) is 0 Å². The van der Waals surface area contributed by atoms with Gasteiger partial charge >= 0.3 is 0 Å². The van der Waals surface area contributed by atoms with Crippen molar-refractivity contribution in [1.29, 1.82) is 0 Å². The lowest BCUT2D eigenvalue weighted by atomic mass is 10.1. The van der Waals surface area contributed by atoms with Gasteiger partial charge in [-0.05, 0) is 39.3 Å². The number of nitrogens with one attached hydrogen (secondary N) is 1. The van der Waals surface area contributed by atoms with Crippen LogP contribution in [0.4, 0.5) is 0 Å². The van der Waals surface area contributed by atoms with Crippen LogP contribution in [0.3, 0.4) is 0 Å². The maximum atomic E-state index is 4.34. The standard InChI is InChI=1S/C11H22N4S/c1-9(2)15-11(13-8-14-15)7-10(12-3)5-6-16-4/h8-10,12H,5-7H2,1-4H3. The van der Waals surface area contributed by atoms with E-state index in [1.807, 2.05) is 23.5 Å². The van der Waals surface area contributed by atoms with Crippen LogP contribution in [0.25, 0.3) is 0 Å². The van der Waals surface area contributed by atoms with Crippen molar-refractivity contribution in [3.63, 3.8) is 0 Å². The third kappa shape index (κ3) is 3.79. The first kappa shape index (κ1) is 13.5. The Kier molecular flexibility index (Phi) is 5.84. The predicted octanol–water partition coefficient (Wildman–Crippen LogP) is 1.74. The summed E-state index contributed by atoms with van der Waals surface area (Å²) >= 11 is 1.89. The molecule has 1 rings (SSSR count). The number of aromatic nitrogens is 3. The molecule has 16 heavy (non-hydrogen) atoms. The van der Waals surface area contributed by atoms with Crippen LogP contribution < -0.4 is 5.32 Å². The number of rotatable bonds is 7. The van der Waals surface area contributed by atoms with Gasteiger partial charge in [-0.2, -0.15) is 16.9 Å². The summed E-state index contributed by atoms with van der Waals surface area (Å²) < 4.78 is 2.00. The summed E-state index contributed by atoms with van der Waals surface area (Å²) in [6.45, 7) is 4.27. The molecule has 1 heterocycles. The molecule has 0 saturated heterocycles. The highest BCUT2D eigenvalue weighted by atomic mass is 32.2. The average molecular weight is 242 g/mol. The van der Waals surface area contributed by atoms with Gasteiger partial charge in [0.1, 0.15) is 12.2 Å². The largest absolute Gasteiger partial charge is 0.317 e. The zero-order valence-electron chi connectivity index (χ0n) is 10.6. The van der Waals surface area contributed by atoms with Crippen molar-refractivity contribution in [3.05, 3.63) is 12.2 Å². The summed E-state index contributed by atoms with van der Waals surface area (Å²) in [5.41, 5.74) is 0. The summed E-state index contributed by atoms with van der Waals surface area (Å²) in [7, 11) is 2.01. The van der Waals surface area contributed by atoms with Crippen LogP contribution in [0.15, 0.2) is 6.33 Å². The van der Waals surface area contributed by atoms with Crippen molar-refractivity contribution >= 4 is 11.8 Å². The predicted molar refractivity (Wildman–Crippen MR) is 70.0 cm³/mol. The molecule has 1 unspecified atom stereocenters. The van der Waals surface area contributed by atoms with Crippen LogP contribution in [-0.4, -0.2) is 39.9 Å². The molecule has 1 aromatic rings. The highest BCUT2D eigenvalue weighted by Crippen LogP contribution is 2.10. The van der Waals surface area contributed by atoms with E-state index in [2.05, 4.69) is 35.5 Å². The maximum absolute atomic E-state index is 4.34. The average Bonchev–Trinajstić information content (AvgIpc) is 2.72. The topological polar surface area (TPSA) is 42.7 Å². The Morgan fingerprint density at radius 1 is 1.50 bits per heavy atom. The van der Waals surface area contributed by atoms with E-state index in [-0.39, 0.29) is 0 Å². The molecule has 0 amide bonds. The molecule has 0 aromatic carbocycles.